The first-order chi connectivity index (χ1) is 10.8. The lowest BCUT2D eigenvalue weighted by Crippen LogP contribution is -2.26. The van der Waals surface area contributed by atoms with Crippen LogP contribution in [0.15, 0.2) is 42.6 Å². The summed E-state index contributed by atoms with van der Waals surface area (Å²) in [6, 6.07) is 12.3. The maximum absolute atomic E-state index is 6.39. The molecule has 1 fully saturated rings. The van der Waals surface area contributed by atoms with E-state index in [-0.39, 0.29) is 6.04 Å². The van der Waals surface area contributed by atoms with Gasteiger partial charge in [-0.05, 0) is 42.5 Å². The number of anilines is 1. The van der Waals surface area contributed by atoms with Gasteiger partial charge in [0, 0.05) is 19.3 Å². The highest BCUT2D eigenvalue weighted by Gasteiger charge is 2.15. The summed E-state index contributed by atoms with van der Waals surface area (Å²) in [5.74, 6) is 1.13. The fraction of sp³-hybridized carbons (Fsp3) is 0.421. The third-order valence-electron chi connectivity index (χ3n) is 4.50. The molecular formula is C19H25N3. The van der Waals surface area contributed by atoms with Crippen LogP contribution in [0.2, 0.25) is 0 Å². The van der Waals surface area contributed by atoms with Crippen LogP contribution in [0.1, 0.15) is 48.4 Å². The van der Waals surface area contributed by atoms with Crippen molar-refractivity contribution >= 4 is 5.82 Å². The molecule has 3 nitrogen and oxygen atoms in total. The lowest BCUT2D eigenvalue weighted by atomic mass is 10.00. The van der Waals surface area contributed by atoms with Gasteiger partial charge in [0.15, 0.2) is 0 Å². The van der Waals surface area contributed by atoms with Gasteiger partial charge in [-0.3, -0.25) is 0 Å². The van der Waals surface area contributed by atoms with Crippen molar-refractivity contribution in [3.8, 4) is 0 Å². The summed E-state index contributed by atoms with van der Waals surface area (Å²) in [5, 5.41) is 0. The molecular weight excluding hydrogens is 270 g/mol. The van der Waals surface area contributed by atoms with Gasteiger partial charge in [0.1, 0.15) is 5.82 Å². The minimum Gasteiger partial charge on any atom is -0.356 e. The third kappa shape index (κ3) is 3.30. The molecule has 1 aromatic carbocycles. The number of aromatic nitrogens is 1. The monoisotopic (exact) mass is 295 g/mol. The minimum absolute atomic E-state index is 0.106. The fourth-order valence-electron chi connectivity index (χ4n) is 3.23. The molecule has 1 aliphatic heterocycles. The van der Waals surface area contributed by atoms with Crippen molar-refractivity contribution in [1.29, 1.82) is 0 Å². The Morgan fingerprint density at radius 1 is 1.00 bits per heavy atom. The van der Waals surface area contributed by atoms with Crippen molar-refractivity contribution in [3.63, 3.8) is 0 Å². The van der Waals surface area contributed by atoms with E-state index in [1.54, 1.807) is 0 Å². The molecule has 0 spiro atoms. The molecule has 1 saturated heterocycles. The summed E-state index contributed by atoms with van der Waals surface area (Å²) in [6.07, 6.45) is 7.17. The van der Waals surface area contributed by atoms with Crippen molar-refractivity contribution in [2.24, 2.45) is 5.73 Å². The molecule has 1 aliphatic rings. The number of aryl methyl sites for hydroxylation is 1. The van der Waals surface area contributed by atoms with Crippen molar-refractivity contribution in [2.45, 2.75) is 38.6 Å². The Hall–Kier alpha value is -1.87. The summed E-state index contributed by atoms with van der Waals surface area (Å²) in [7, 11) is 0. The molecule has 0 aliphatic carbocycles. The number of rotatable bonds is 3. The van der Waals surface area contributed by atoms with E-state index in [9.17, 15) is 0 Å². The predicted octanol–water partition coefficient (Wildman–Crippen LogP) is 3.82. The number of benzene rings is 1. The van der Waals surface area contributed by atoms with Gasteiger partial charge < -0.3 is 10.6 Å². The molecule has 1 unspecified atom stereocenters. The van der Waals surface area contributed by atoms with Crippen LogP contribution in [-0.4, -0.2) is 18.1 Å². The number of pyridine rings is 1. The summed E-state index contributed by atoms with van der Waals surface area (Å²) < 4.78 is 0. The lowest BCUT2D eigenvalue weighted by molar-refractivity contribution is 0.726. The van der Waals surface area contributed by atoms with E-state index in [1.165, 1.54) is 31.2 Å². The van der Waals surface area contributed by atoms with Gasteiger partial charge in [-0.15, -0.1) is 0 Å². The molecule has 2 heterocycles. The largest absolute Gasteiger partial charge is 0.356 e. The molecule has 1 aromatic heterocycles. The van der Waals surface area contributed by atoms with Crippen LogP contribution in [-0.2, 0) is 0 Å². The third-order valence-corrected chi connectivity index (χ3v) is 4.50. The highest BCUT2D eigenvalue weighted by Crippen LogP contribution is 2.25. The van der Waals surface area contributed by atoms with Crippen LogP contribution >= 0.6 is 0 Å². The standard InChI is InChI=1S/C19H25N3/c1-15-13-17(18(20)16-9-5-4-6-10-16)14-21-19(15)22-11-7-2-3-8-12-22/h4-6,9-10,13-14,18H,2-3,7-8,11-12,20H2,1H3. The fourth-order valence-corrected chi connectivity index (χ4v) is 3.23. The predicted molar refractivity (Wildman–Crippen MR) is 92.1 cm³/mol. The molecule has 2 aromatic rings. The highest BCUT2D eigenvalue weighted by atomic mass is 15.2. The number of nitrogens with zero attached hydrogens (tertiary/aromatic N) is 2. The Labute approximate surface area is 133 Å². The van der Waals surface area contributed by atoms with Gasteiger partial charge in [0.2, 0.25) is 0 Å². The zero-order chi connectivity index (χ0) is 15.4. The first-order valence-corrected chi connectivity index (χ1v) is 8.28. The second-order valence-corrected chi connectivity index (χ2v) is 6.20. The number of hydrogen-bond donors (Lipinski definition) is 1. The van der Waals surface area contributed by atoms with Crippen LogP contribution < -0.4 is 10.6 Å². The molecule has 2 N–H and O–H groups in total. The number of nitrogens with two attached hydrogens (primary N) is 1. The van der Waals surface area contributed by atoms with Crippen LogP contribution in [0.3, 0.4) is 0 Å². The Bertz CT molecular complexity index is 601. The van der Waals surface area contributed by atoms with Crippen LogP contribution in [0, 0.1) is 6.92 Å². The van der Waals surface area contributed by atoms with E-state index < -0.39 is 0 Å². The summed E-state index contributed by atoms with van der Waals surface area (Å²) in [6.45, 7) is 4.39. The first-order valence-electron chi connectivity index (χ1n) is 8.28. The molecule has 0 radical (unpaired) electrons. The van der Waals surface area contributed by atoms with E-state index >= 15 is 0 Å². The Kier molecular flexibility index (Phi) is 4.74. The first kappa shape index (κ1) is 15.0. The maximum Gasteiger partial charge on any atom is 0.131 e. The molecule has 3 heteroatoms. The molecule has 0 saturated carbocycles. The van der Waals surface area contributed by atoms with Gasteiger partial charge in [-0.25, -0.2) is 4.98 Å². The van der Waals surface area contributed by atoms with E-state index in [1.807, 2.05) is 24.4 Å². The summed E-state index contributed by atoms with van der Waals surface area (Å²) in [5.41, 5.74) is 9.83. The molecule has 22 heavy (non-hydrogen) atoms. The smallest absolute Gasteiger partial charge is 0.131 e. The van der Waals surface area contributed by atoms with E-state index in [2.05, 4.69) is 30.0 Å². The number of hydrogen-bond acceptors (Lipinski definition) is 3. The van der Waals surface area contributed by atoms with Crippen LogP contribution in [0.4, 0.5) is 5.82 Å². The Morgan fingerprint density at radius 2 is 1.68 bits per heavy atom. The molecule has 116 valence electrons. The topological polar surface area (TPSA) is 42.1 Å². The van der Waals surface area contributed by atoms with Crippen molar-refractivity contribution < 1.29 is 0 Å². The Morgan fingerprint density at radius 3 is 2.32 bits per heavy atom. The van der Waals surface area contributed by atoms with Crippen molar-refractivity contribution in [1.82, 2.24) is 4.98 Å². The van der Waals surface area contributed by atoms with E-state index in [0.29, 0.717) is 0 Å². The molecule has 0 bridgehead atoms. The normalized spacial score (nSPS) is 17.1. The maximum atomic E-state index is 6.39. The van der Waals surface area contributed by atoms with Gasteiger partial charge >= 0.3 is 0 Å². The molecule has 0 amide bonds. The second-order valence-electron chi connectivity index (χ2n) is 6.20. The average Bonchev–Trinajstić information content (AvgIpc) is 2.84. The Balaban J connectivity index is 1.82. The summed E-state index contributed by atoms with van der Waals surface area (Å²) >= 11 is 0. The molecule has 1 atom stereocenters. The van der Waals surface area contributed by atoms with Gasteiger partial charge in [-0.1, -0.05) is 43.2 Å². The van der Waals surface area contributed by atoms with Gasteiger partial charge in [0.05, 0.1) is 6.04 Å². The van der Waals surface area contributed by atoms with Gasteiger partial charge in [0.25, 0.3) is 0 Å². The van der Waals surface area contributed by atoms with E-state index in [4.69, 9.17) is 10.7 Å². The SMILES string of the molecule is Cc1cc(C(N)c2ccccc2)cnc1N1CCCCCC1. The quantitative estimate of drug-likeness (QED) is 0.936. The molecule has 3 rings (SSSR count). The van der Waals surface area contributed by atoms with E-state index in [0.717, 1.165) is 30.0 Å². The van der Waals surface area contributed by atoms with Crippen molar-refractivity contribution in [2.75, 3.05) is 18.0 Å². The van der Waals surface area contributed by atoms with Crippen molar-refractivity contribution in [3.05, 3.63) is 59.3 Å². The zero-order valence-electron chi connectivity index (χ0n) is 13.3. The summed E-state index contributed by atoms with van der Waals surface area (Å²) in [4.78, 5) is 7.17. The van der Waals surface area contributed by atoms with Crippen LogP contribution in [0.25, 0.3) is 0 Å². The average molecular weight is 295 g/mol. The van der Waals surface area contributed by atoms with Crippen LogP contribution in [0.5, 0.6) is 0 Å². The second kappa shape index (κ2) is 6.93. The minimum atomic E-state index is -0.106. The lowest BCUT2D eigenvalue weighted by Gasteiger charge is -2.24. The highest BCUT2D eigenvalue weighted by molar-refractivity contribution is 5.48. The zero-order valence-corrected chi connectivity index (χ0v) is 13.3. The van der Waals surface area contributed by atoms with Gasteiger partial charge in [-0.2, -0.15) is 0 Å².